The van der Waals surface area contributed by atoms with Gasteiger partial charge in [-0.15, -0.1) is 0 Å². The topological polar surface area (TPSA) is 65.5 Å². The summed E-state index contributed by atoms with van der Waals surface area (Å²) in [6.07, 6.45) is 0.946. The molecule has 6 nitrogen and oxygen atoms in total. The summed E-state index contributed by atoms with van der Waals surface area (Å²) in [7, 11) is 3.40. The van der Waals surface area contributed by atoms with E-state index in [-0.39, 0.29) is 24.4 Å². The average Bonchev–Trinajstić information content (AvgIpc) is 3.07. The van der Waals surface area contributed by atoms with Gasteiger partial charge in [0.2, 0.25) is 5.91 Å². The third-order valence-electron chi connectivity index (χ3n) is 4.31. The van der Waals surface area contributed by atoms with E-state index in [9.17, 15) is 9.59 Å². The molecule has 7 heteroatoms. The molecule has 25 heavy (non-hydrogen) atoms. The minimum Gasteiger partial charge on any atom is -0.359 e. The second kappa shape index (κ2) is 6.84. The van der Waals surface area contributed by atoms with E-state index < -0.39 is 0 Å². The van der Waals surface area contributed by atoms with Gasteiger partial charge in [-0.25, -0.2) is 4.98 Å². The van der Waals surface area contributed by atoms with Gasteiger partial charge >= 0.3 is 0 Å². The Bertz CT molecular complexity index is 815. The lowest BCUT2D eigenvalue weighted by molar-refractivity contribution is -0.115. The van der Waals surface area contributed by atoms with Crippen molar-refractivity contribution >= 4 is 34.0 Å². The van der Waals surface area contributed by atoms with Crippen molar-refractivity contribution in [1.82, 2.24) is 9.88 Å². The Hall–Kier alpha value is -2.41. The third kappa shape index (κ3) is 3.51. The molecule has 0 spiro atoms. The number of nitrogens with zero attached hydrogens (tertiary/aromatic N) is 3. The third-order valence-corrected chi connectivity index (χ3v) is 5.37. The molecule has 1 aliphatic heterocycles. The molecule has 0 radical (unpaired) electrons. The van der Waals surface area contributed by atoms with Crippen molar-refractivity contribution < 1.29 is 9.59 Å². The molecule has 1 aromatic carbocycles. The Labute approximate surface area is 151 Å². The van der Waals surface area contributed by atoms with Gasteiger partial charge in [-0.1, -0.05) is 29.5 Å². The summed E-state index contributed by atoms with van der Waals surface area (Å²) in [5, 5.41) is 3.30. The monoisotopic (exact) mass is 358 g/mol. The summed E-state index contributed by atoms with van der Waals surface area (Å²) in [4.78, 5) is 33.1. The zero-order chi connectivity index (χ0) is 18.1. The molecule has 132 valence electrons. The summed E-state index contributed by atoms with van der Waals surface area (Å²) in [6, 6.07) is 8.45. The minimum atomic E-state index is -0.124. The number of fused-ring (bicyclic) bond motifs is 1. The number of hydrogen-bond acceptors (Lipinski definition) is 5. The molecular formula is C18H22N4O2S. The normalized spacial score (nSPS) is 15.8. The lowest BCUT2D eigenvalue weighted by Gasteiger charge is -2.23. The largest absolute Gasteiger partial charge is 0.359 e. The number of anilines is 2. The van der Waals surface area contributed by atoms with Crippen molar-refractivity contribution in [2.45, 2.75) is 26.3 Å². The maximum absolute atomic E-state index is 12.5. The molecule has 2 amide bonds. The van der Waals surface area contributed by atoms with E-state index >= 15 is 0 Å². The molecule has 0 saturated heterocycles. The maximum atomic E-state index is 12.5. The number of hydrogen-bond donors (Lipinski definition) is 1. The Balaban J connectivity index is 1.70. The number of benzene rings is 1. The molecule has 0 saturated carbocycles. The standard InChI is InChI=1S/C18H22N4O2S/c1-11-9-13-7-5-6-8-14(13)22(11)10-15(23)20-18-19-12(2)16(25-18)17(24)21(3)4/h5-8,11H,9-10H2,1-4H3,(H,19,20,23). The number of aromatic nitrogens is 1. The minimum absolute atomic E-state index is 0.0995. The fourth-order valence-corrected chi connectivity index (χ4v) is 4.04. The lowest BCUT2D eigenvalue weighted by Crippen LogP contribution is -2.37. The summed E-state index contributed by atoms with van der Waals surface area (Å²) in [5.41, 5.74) is 3.02. The molecule has 0 aliphatic carbocycles. The van der Waals surface area contributed by atoms with Gasteiger partial charge in [0.1, 0.15) is 4.88 Å². The molecular weight excluding hydrogens is 336 g/mol. The Morgan fingerprint density at radius 1 is 1.36 bits per heavy atom. The molecule has 3 rings (SSSR count). The van der Waals surface area contributed by atoms with Crippen LogP contribution in [0.5, 0.6) is 0 Å². The summed E-state index contributed by atoms with van der Waals surface area (Å²) in [5.74, 6) is -0.223. The summed E-state index contributed by atoms with van der Waals surface area (Å²) < 4.78 is 0. The van der Waals surface area contributed by atoms with Crippen molar-refractivity contribution in [3.63, 3.8) is 0 Å². The first kappa shape index (κ1) is 17.4. The van der Waals surface area contributed by atoms with Gasteiger partial charge in [0.05, 0.1) is 12.2 Å². The highest BCUT2D eigenvalue weighted by molar-refractivity contribution is 7.17. The van der Waals surface area contributed by atoms with Crippen LogP contribution in [0.1, 0.15) is 27.9 Å². The molecule has 0 fully saturated rings. The highest BCUT2D eigenvalue weighted by Gasteiger charge is 2.27. The number of carbonyl (C=O) groups excluding carboxylic acids is 2. The molecule has 1 N–H and O–H groups in total. The highest BCUT2D eigenvalue weighted by Crippen LogP contribution is 2.31. The van der Waals surface area contributed by atoms with E-state index in [4.69, 9.17) is 0 Å². The first-order valence-electron chi connectivity index (χ1n) is 8.20. The van der Waals surface area contributed by atoms with E-state index in [1.807, 2.05) is 18.2 Å². The Morgan fingerprint density at radius 3 is 2.80 bits per heavy atom. The summed E-state index contributed by atoms with van der Waals surface area (Å²) >= 11 is 1.22. The van der Waals surface area contributed by atoms with Gasteiger partial charge in [0.25, 0.3) is 5.91 Å². The Kier molecular flexibility index (Phi) is 4.76. The van der Waals surface area contributed by atoms with Crippen LogP contribution in [-0.4, -0.2) is 48.4 Å². The van der Waals surface area contributed by atoms with Crippen molar-refractivity contribution in [2.24, 2.45) is 0 Å². The fraction of sp³-hybridized carbons (Fsp3) is 0.389. The van der Waals surface area contributed by atoms with Crippen LogP contribution < -0.4 is 10.2 Å². The second-order valence-electron chi connectivity index (χ2n) is 6.49. The number of nitrogens with one attached hydrogen (secondary N) is 1. The molecule has 1 aromatic heterocycles. The van der Waals surface area contributed by atoms with Gasteiger partial charge < -0.3 is 15.1 Å². The van der Waals surface area contributed by atoms with Gasteiger partial charge in [-0.2, -0.15) is 0 Å². The smallest absolute Gasteiger partial charge is 0.265 e. The van der Waals surface area contributed by atoms with Crippen LogP contribution in [0.3, 0.4) is 0 Å². The zero-order valence-electron chi connectivity index (χ0n) is 14.9. The molecule has 1 unspecified atom stereocenters. The van der Waals surface area contributed by atoms with Gasteiger partial charge in [-0.3, -0.25) is 9.59 Å². The first-order valence-corrected chi connectivity index (χ1v) is 9.02. The number of aryl methyl sites for hydroxylation is 1. The van der Waals surface area contributed by atoms with Crippen LogP contribution in [0.15, 0.2) is 24.3 Å². The van der Waals surface area contributed by atoms with E-state index in [2.05, 4.69) is 28.2 Å². The number of rotatable bonds is 4. The van der Waals surface area contributed by atoms with E-state index in [1.165, 1.54) is 21.8 Å². The van der Waals surface area contributed by atoms with Crippen LogP contribution in [0.2, 0.25) is 0 Å². The predicted octanol–water partition coefficient (Wildman–Crippen LogP) is 2.54. The zero-order valence-corrected chi connectivity index (χ0v) is 15.7. The second-order valence-corrected chi connectivity index (χ2v) is 7.49. The average molecular weight is 358 g/mol. The Morgan fingerprint density at radius 2 is 2.08 bits per heavy atom. The molecule has 1 atom stereocenters. The van der Waals surface area contributed by atoms with Crippen molar-refractivity contribution in [1.29, 1.82) is 0 Å². The number of thiazole rings is 1. The first-order chi connectivity index (χ1) is 11.9. The number of para-hydroxylation sites is 1. The van der Waals surface area contributed by atoms with Crippen LogP contribution in [0.25, 0.3) is 0 Å². The van der Waals surface area contributed by atoms with Gasteiger partial charge in [0, 0.05) is 25.8 Å². The molecule has 2 heterocycles. The molecule has 2 aromatic rings. The maximum Gasteiger partial charge on any atom is 0.265 e. The summed E-state index contributed by atoms with van der Waals surface area (Å²) in [6.45, 7) is 4.17. The lowest BCUT2D eigenvalue weighted by atomic mass is 10.1. The van der Waals surface area contributed by atoms with Crippen LogP contribution >= 0.6 is 11.3 Å². The predicted molar refractivity (Wildman–Crippen MR) is 100 cm³/mol. The van der Waals surface area contributed by atoms with Crippen molar-refractivity contribution in [2.75, 3.05) is 30.9 Å². The highest BCUT2D eigenvalue weighted by atomic mass is 32.1. The van der Waals surface area contributed by atoms with Gasteiger partial charge in [-0.05, 0) is 31.9 Å². The SMILES string of the molecule is Cc1nc(NC(=O)CN2c3ccccc3CC2C)sc1C(=O)N(C)C. The number of amides is 2. The fourth-order valence-electron chi connectivity index (χ4n) is 3.04. The molecule has 0 bridgehead atoms. The quantitative estimate of drug-likeness (QED) is 0.912. The van der Waals surface area contributed by atoms with E-state index in [1.54, 1.807) is 21.0 Å². The van der Waals surface area contributed by atoms with Crippen LogP contribution in [0.4, 0.5) is 10.8 Å². The van der Waals surface area contributed by atoms with E-state index in [0.29, 0.717) is 15.7 Å². The molecule has 1 aliphatic rings. The van der Waals surface area contributed by atoms with Crippen LogP contribution in [0, 0.1) is 6.92 Å². The van der Waals surface area contributed by atoms with E-state index in [0.717, 1.165) is 12.1 Å². The van der Waals surface area contributed by atoms with Crippen molar-refractivity contribution in [3.8, 4) is 0 Å². The number of carbonyl (C=O) groups is 2. The van der Waals surface area contributed by atoms with Gasteiger partial charge in [0.15, 0.2) is 5.13 Å². The van der Waals surface area contributed by atoms with Crippen molar-refractivity contribution in [3.05, 3.63) is 40.4 Å². The van der Waals surface area contributed by atoms with Crippen LogP contribution in [-0.2, 0) is 11.2 Å².